The Balaban J connectivity index is 3.17. The zero-order valence-corrected chi connectivity index (χ0v) is 15.4. The van der Waals surface area contributed by atoms with Crippen LogP contribution in [-0.2, 0) is 0 Å². The molecule has 1 heteroatoms. The molecule has 3 unspecified atom stereocenters. The molecule has 0 heterocycles. The summed E-state index contributed by atoms with van der Waals surface area (Å²) in [5.74, 6) is 1.36. The fourth-order valence-corrected chi connectivity index (χ4v) is 3.12. The molecule has 0 aliphatic heterocycles. The molecule has 0 aliphatic carbocycles. The monoisotopic (exact) mass is 301 g/mol. The van der Waals surface area contributed by atoms with Crippen molar-refractivity contribution in [3.05, 3.63) is 40.5 Å². The van der Waals surface area contributed by atoms with Crippen LogP contribution in [0.5, 0.6) is 0 Å². The first-order valence-electron chi connectivity index (χ1n) is 8.97. The third-order valence-corrected chi connectivity index (χ3v) is 4.96. The van der Waals surface area contributed by atoms with Crippen molar-refractivity contribution in [1.82, 2.24) is 0 Å². The maximum atomic E-state index is 6.47. The summed E-state index contributed by atoms with van der Waals surface area (Å²) < 4.78 is 0. The molecule has 0 aromatic heterocycles. The minimum absolute atomic E-state index is 0.176. The Hall–Kier alpha value is -1.08. The molecule has 124 valence electrons. The van der Waals surface area contributed by atoms with Gasteiger partial charge in [-0.1, -0.05) is 64.0 Å². The second kappa shape index (κ2) is 9.15. The largest absolute Gasteiger partial charge is 0.324 e. The van der Waals surface area contributed by atoms with Gasteiger partial charge in [0, 0.05) is 6.04 Å². The molecule has 1 aromatic rings. The summed E-state index contributed by atoms with van der Waals surface area (Å²) in [6, 6.07) is 6.87. The fourth-order valence-electron chi connectivity index (χ4n) is 3.12. The lowest BCUT2D eigenvalue weighted by atomic mass is 9.81. The van der Waals surface area contributed by atoms with Crippen molar-refractivity contribution in [2.24, 2.45) is 17.6 Å². The molecule has 0 amide bonds. The first-order chi connectivity index (χ1) is 10.4. The highest BCUT2D eigenvalue weighted by Gasteiger charge is 2.20. The predicted octanol–water partition coefficient (Wildman–Crippen LogP) is 5.89. The second-order valence-corrected chi connectivity index (χ2v) is 6.87. The van der Waals surface area contributed by atoms with Crippen molar-refractivity contribution in [1.29, 1.82) is 0 Å². The molecule has 2 N–H and O–H groups in total. The van der Waals surface area contributed by atoms with E-state index in [4.69, 9.17) is 5.73 Å². The van der Waals surface area contributed by atoms with Gasteiger partial charge in [-0.15, -0.1) is 0 Å². The number of hydrogen-bond donors (Lipinski definition) is 1. The van der Waals surface area contributed by atoms with Crippen molar-refractivity contribution >= 4 is 6.08 Å². The van der Waals surface area contributed by atoms with Crippen molar-refractivity contribution in [2.75, 3.05) is 0 Å². The van der Waals surface area contributed by atoms with Gasteiger partial charge in [0.2, 0.25) is 0 Å². The number of aryl methyl sites for hydroxylation is 2. The summed E-state index contributed by atoms with van der Waals surface area (Å²) in [6.45, 7) is 13.5. The Morgan fingerprint density at radius 2 is 1.77 bits per heavy atom. The molecule has 0 fully saturated rings. The van der Waals surface area contributed by atoms with Crippen LogP contribution in [0.3, 0.4) is 0 Å². The van der Waals surface area contributed by atoms with Crippen LogP contribution >= 0.6 is 0 Å². The first kappa shape index (κ1) is 19.0. The van der Waals surface area contributed by atoms with Crippen LogP contribution < -0.4 is 5.73 Å². The lowest BCUT2D eigenvalue weighted by Gasteiger charge is -2.26. The van der Waals surface area contributed by atoms with E-state index < -0.39 is 0 Å². The van der Waals surface area contributed by atoms with E-state index in [0.29, 0.717) is 5.92 Å². The Bertz CT molecular complexity index is 487. The van der Waals surface area contributed by atoms with Gasteiger partial charge in [0.15, 0.2) is 0 Å². The molecule has 0 bridgehead atoms. The Morgan fingerprint density at radius 3 is 2.27 bits per heavy atom. The number of benzene rings is 1. The molecule has 1 rings (SSSR count). The Morgan fingerprint density at radius 1 is 1.09 bits per heavy atom. The van der Waals surface area contributed by atoms with Gasteiger partial charge in [0.1, 0.15) is 0 Å². The van der Waals surface area contributed by atoms with Crippen molar-refractivity contribution in [3.63, 3.8) is 0 Å². The smallest absolute Gasteiger partial charge is 0.0257 e. The molecular weight excluding hydrogens is 266 g/mol. The van der Waals surface area contributed by atoms with Crippen molar-refractivity contribution < 1.29 is 0 Å². The molecule has 0 radical (unpaired) electrons. The second-order valence-electron chi connectivity index (χ2n) is 6.87. The highest BCUT2D eigenvalue weighted by molar-refractivity contribution is 5.58. The van der Waals surface area contributed by atoms with E-state index in [2.05, 4.69) is 65.8 Å². The predicted molar refractivity (Wildman–Crippen MR) is 100 cm³/mol. The van der Waals surface area contributed by atoms with Gasteiger partial charge in [-0.3, -0.25) is 0 Å². The molecule has 3 atom stereocenters. The number of hydrogen-bond acceptors (Lipinski definition) is 1. The van der Waals surface area contributed by atoms with Crippen LogP contribution in [0.1, 0.15) is 70.1 Å². The van der Waals surface area contributed by atoms with E-state index in [1.54, 1.807) is 0 Å². The summed E-state index contributed by atoms with van der Waals surface area (Å²) in [4.78, 5) is 0. The quantitative estimate of drug-likeness (QED) is 0.637. The minimum atomic E-state index is 0.176. The molecule has 0 saturated carbocycles. The summed E-state index contributed by atoms with van der Waals surface area (Å²) in [6.07, 6.45) is 7.05. The van der Waals surface area contributed by atoms with Gasteiger partial charge in [0.05, 0.1) is 0 Å². The van der Waals surface area contributed by atoms with Crippen LogP contribution in [0, 0.1) is 25.7 Å². The Kier molecular flexibility index (Phi) is 7.89. The van der Waals surface area contributed by atoms with Crippen LogP contribution in [0.15, 0.2) is 23.8 Å². The Labute approximate surface area is 138 Å². The van der Waals surface area contributed by atoms with E-state index in [1.807, 2.05) is 0 Å². The molecular formula is C21H35N. The molecule has 0 aliphatic rings. The van der Waals surface area contributed by atoms with E-state index in [0.717, 1.165) is 12.3 Å². The molecule has 1 nitrogen and oxygen atoms in total. The lowest BCUT2D eigenvalue weighted by Crippen LogP contribution is -2.27. The third kappa shape index (κ3) is 5.28. The van der Waals surface area contributed by atoms with Gasteiger partial charge in [-0.05, 0) is 61.6 Å². The summed E-state index contributed by atoms with van der Waals surface area (Å²) >= 11 is 0. The summed E-state index contributed by atoms with van der Waals surface area (Å²) in [5, 5.41) is 0. The van der Waals surface area contributed by atoms with Gasteiger partial charge in [0.25, 0.3) is 0 Å². The molecule has 1 aromatic carbocycles. The summed E-state index contributed by atoms with van der Waals surface area (Å²) in [7, 11) is 0. The highest BCUT2D eigenvalue weighted by Crippen LogP contribution is 2.30. The number of rotatable bonds is 8. The van der Waals surface area contributed by atoms with Crippen molar-refractivity contribution in [3.8, 4) is 0 Å². The standard InChI is InChI=1S/C21H35N/c1-7-15(4)13-18(8-2)20(21(22)9-3)14-19-11-10-16(5)12-17(19)6/h10-12,14-15,18,21H,7-9,13,22H2,1-6H3. The highest BCUT2D eigenvalue weighted by atomic mass is 14.6. The maximum absolute atomic E-state index is 6.47. The minimum Gasteiger partial charge on any atom is -0.324 e. The van der Waals surface area contributed by atoms with Crippen molar-refractivity contribution in [2.45, 2.75) is 73.3 Å². The van der Waals surface area contributed by atoms with Gasteiger partial charge in [-0.2, -0.15) is 0 Å². The summed E-state index contributed by atoms with van der Waals surface area (Å²) in [5.41, 5.74) is 11.9. The van der Waals surface area contributed by atoms with Gasteiger partial charge in [-0.25, -0.2) is 0 Å². The van der Waals surface area contributed by atoms with Crippen LogP contribution in [0.2, 0.25) is 0 Å². The normalized spacial score (nSPS) is 16.4. The maximum Gasteiger partial charge on any atom is 0.0257 e. The third-order valence-electron chi connectivity index (χ3n) is 4.96. The first-order valence-corrected chi connectivity index (χ1v) is 8.97. The average molecular weight is 302 g/mol. The van der Waals surface area contributed by atoms with E-state index >= 15 is 0 Å². The van der Waals surface area contributed by atoms with Crippen LogP contribution in [0.25, 0.3) is 6.08 Å². The zero-order chi connectivity index (χ0) is 16.7. The van der Waals surface area contributed by atoms with Gasteiger partial charge < -0.3 is 5.73 Å². The van der Waals surface area contributed by atoms with Gasteiger partial charge >= 0.3 is 0 Å². The topological polar surface area (TPSA) is 26.0 Å². The van der Waals surface area contributed by atoms with Crippen LogP contribution in [0.4, 0.5) is 0 Å². The average Bonchev–Trinajstić information content (AvgIpc) is 2.51. The fraction of sp³-hybridized carbons (Fsp3) is 0.619. The molecule has 0 saturated heterocycles. The van der Waals surface area contributed by atoms with E-state index in [-0.39, 0.29) is 6.04 Å². The van der Waals surface area contributed by atoms with Crippen LogP contribution in [-0.4, -0.2) is 6.04 Å². The number of nitrogens with two attached hydrogens (primary N) is 1. The van der Waals surface area contributed by atoms with E-state index in [9.17, 15) is 0 Å². The SMILES string of the molecule is CCC(C)CC(CC)C(=Cc1ccc(C)cc1C)C(N)CC. The lowest BCUT2D eigenvalue weighted by molar-refractivity contribution is 0.399. The molecule has 22 heavy (non-hydrogen) atoms. The zero-order valence-electron chi connectivity index (χ0n) is 15.4. The molecule has 0 spiro atoms. The van der Waals surface area contributed by atoms with E-state index in [1.165, 1.54) is 41.5 Å².